The van der Waals surface area contributed by atoms with Gasteiger partial charge in [-0.25, -0.2) is 0 Å². The average Bonchev–Trinajstić information content (AvgIpc) is 2.26. The van der Waals surface area contributed by atoms with Gasteiger partial charge in [-0.3, -0.25) is 0 Å². The van der Waals surface area contributed by atoms with Crippen LogP contribution in [0.1, 0.15) is 44.9 Å². The summed E-state index contributed by atoms with van der Waals surface area (Å²) >= 11 is 0. The standard InChI is InChI=1S/C15H25N/c1-6-16-15(13(5)11(2)3)14-9-7-12(4)8-10-14/h7-11,13,15-16H,6H2,1-5H3. The fraction of sp³-hybridized carbons (Fsp3) is 0.600. The molecular weight excluding hydrogens is 194 g/mol. The van der Waals surface area contributed by atoms with E-state index in [9.17, 15) is 0 Å². The second-order valence-electron chi connectivity index (χ2n) is 5.05. The third-order valence-corrected chi connectivity index (χ3v) is 3.44. The lowest BCUT2D eigenvalue weighted by atomic mass is 9.86. The van der Waals surface area contributed by atoms with Crippen LogP contribution in [0.3, 0.4) is 0 Å². The van der Waals surface area contributed by atoms with E-state index >= 15 is 0 Å². The Balaban J connectivity index is 2.88. The molecule has 0 heterocycles. The Morgan fingerprint density at radius 1 is 1.06 bits per heavy atom. The highest BCUT2D eigenvalue weighted by molar-refractivity contribution is 5.24. The maximum atomic E-state index is 3.60. The summed E-state index contributed by atoms with van der Waals surface area (Å²) < 4.78 is 0. The van der Waals surface area contributed by atoms with E-state index in [4.69, 9.17) is 0 Å². The maximum Gasteiger partial charge on any atom is 0.0348 e. The molecule has 1 heteroatoms. The summed E-state index contributed by atoms with van der Waals surface area (Å²) in [4.78, 5) is 0. The normalized spacial score (nSPS) is 15.1. The zero-order valence-electron chi connectivity index (χ0n) is 11.2. The number of hydrogen-bond donors (Lipinski definition) is 1. The van der Waals surface area contributed by atoms with Gasteiger partial charge < -0.3 is 5.32 Å². The van der Waals surface area contributed by atoms with Crippen molar-refractivity contribution in [2.45, 2.75) is 40.7 Å². The Labute approximate surface area is 100 Å². The highest BCUT2D eigenvalue weighted by Gasteiger charge is 2.20. The zero-order chi connectivity index (χ0) is 12.1. The van der Waals surface area contributed by atoms with Crippen LogP contribution in [0.2, 0.25) is 0 Å². The number of hydrogen-bond acceptors (Lipinski definition) is 1. The third kappa shape index (κ3) is 3.34. The molecule has 1 aromatic carbocycles. The van der Waals surface area contributed by atoms with Gasteiger partial charge in [-0.05, 0) is 30.9 Å². The fourth-order valence-corrected chi connectivity index (χ4v) is 1.99. The van der Waals surface area contributed by atoms with Gasteiger partial charge in [0, 0.05) is 6.04 Å². The Morgan fingerprint density at radius 2 is 1.62 bits per heavy atom. The van der Waals surface area contributed by atoms with Crippen LogP contribution < -0.4 is 5.32 Å². The minimum atomic E-state index is 0.477. The van der Waals surface area contributed by atoms with Crippen molar-refractivity contribution in [3.05, 3.63) is 35.4 Å². The number of aryl methyl sites for hydroxylation is 1. The fourth-order valence-electron chi connectivity index (χ4n) is 1.99. The van der Waals surface area contributed by atoms with Gasteiger partial charge in [0.1, 0.15) is 0 Å². The summed E-state index contributed by atoms with van der Waals surface area (Å²) in [7, 11) is 0. The Bertz CT molecular complexity index is 300. The minimum Gasteiger partial charge on any atom is -0.310 e. The summed E-state index contributed by atoms with van der Waals surface area (Å²) in [6, 6.07) is 9.38. The van der Waals surface area contributed by atoms with E-state index in [0.29, 0.717) is 17.9 Å². The first-order valence-corrected chi connectivity index (χ1v) is 6.36. The van der Waals surface area contributed by atoms with Crippen LogP contribution in [-0.4, -0.2) is 6.54 Å². The molecule has 2 atom stereocenters. The molecule has 0 radical (unpaired) electrons. The highest BCUT2D eigenvalue weighted by Crippen LogP contribution is 2.27. The lowest BCUT2D eigenvalue weighted by molar-refractivity contribution is 0.307. The predicted octanol–water partition coefficient (Wildman–Crippen LogP) is 3.94. The van der Waals surface area contributed by atoms with Crippen LogP contribution in [0.15, 0.2) is 24.3 Å². The van der Waals surface area contributed by atoms with Crippen LogP contribution >= 0.6 is 0 Å². The predicted molar refractivity (Wildman–Crippen MR) is 71.6 cm³/mol. The molecule has 0 aromatic heterocycles. The molecule has 0 saturated heterocycles. The molecule has 16 heavy (non-hydrogen) atoms. The summed E-state index contributed by atoms with van der Waals surface area (Å²) in [5.74, 6) is 1.35. The van der Waals surface area contributed by atoms with Crippen molar-refractivity contribution in [3.8, 4) is 0 Å². The Morgan fingerprint density at radius 3 is 2.06 bits per heavy atom. The number of rotatable bonds is 5. The van der Waals surface area contributed by atoms with Crippen molar-refractivity contribution in [1.29, 1.82) is 0 Å². The third-order valence-electron chi connectivity index (χ3n) is 3.44. The van der Waals surface area contributed by atoms with E-state index in [2.05, 4.69) is 64.2 Å². The van der Waals surface area contributed by atoms with E-state index in [-0.39, 0.29) is 0 Å². The van der Waals surface area contributed by atoms with Gasteiger partial charge >= 0.3 is 0 Å². The second-order valence-corrected chi connectivity index (χ2v) is 5.05. The number of benzene rings is 1. The molecule has 0 amide bonds. The van der Waals surface area contributed by atoms with Gasteiger partial charge in [-0.1, -0.05) is 57.5 Å². The monoisotopic (exact) mass is 219 g/mol. The van der Waals surface area contributed by atoms with Crippen LogP contribution in [0.4, 0.5) is 0 Å². The first-order chi connectivity index (χ1) is 7.56. The van der Waals surface area contributed by atoms with Crippen molar-refractivity contribution in [2.75, 3.05) is 6.54 Å². The van der Waals surface area contributed by atoms with Gasteiger partial charge in [-0.2, -0.15) is 0 Å². The molecule has 1 nitrogen and oxygen atoms in total. The second kappa shape index (κ2) is 6.05. The SMILES string of the molecule is CCNC(c1ccc(C)cc1)C(C)C(C)C. The summed E-state index contributed by atoms with van der Waals surface area (Å²) in [5, 5.41) is 3.60. The molecule has 1 N–H and O–H groups in total. The van der Waals surface area contributed by atoms with E-state index < -0.39 is 0 Å². The van der Waals surface area contributed by atoms with Crippen LogP contribution in [0.5, 0.6) is 0 Å². The van der Waals surface area contributed by atoms with E-state index in [0.717, 1.165) is 6.54 Å². The van der Waals surface area contributed by atoms with Crippen molar-refractivity contribution < 1.29 is 0 Å². The molecule has 2 unspecified atom stereocenters. The highest BCUT2D eigenvalue weighted by atomic mass is 14.9. The maximum absolute atomic E-state index is 3.60. The van der Waals surface area contributed by atoms with Gasteiger partial charge in [-0.15, -0.1) is 0 Å². The average molecular weight is 219 g/mol. The molecular formula is C15H25N. The van der Waals surface area contributed by atoms with E-state index in [1.54, 1.807) is 0 Å². The van der Waals surface area contributed by atoms with Crippen molar-refractivity contribution in [3.63, 3.8) is 0 Å². The smallest absolute Gasteiger partial charge is 0.0348 e. The van der Waals surface area contributed by atoms with Gasteiger partial charge in [0.05, 0.1) is 0 Å². The van der Waals surface area contributed by atoms with Crippen molar-refractivity contribution in [2.24, 2.45) is 11.8 Å². The number of nitrogens with one attached hydrogen (secondary N) is 1. The Hall–Kier alpha value is -0.820. The molecule has 0 aliphatic rings. The molecule has 0 aliphatic heterocycles. The molecule has 0 fully saturated rings. The minimum absolute atomic E-state index is 0.477. The van der Waals surface area contributed by atoms with Crippen molar-refractivity contribution in [1.82, 2.24) is 5.32 Å². The molecule has 0 bridgehead atoms. The molecule has 1 aromatic rings. The van der Waals surface area contributed by atoms with Crippen LogP contribution in [-0.2, 0) is 0 Å². The van der Waals surface area contributed by atoms with Gasteiger partial charge in [0.2, 0.25) is 0 Å². The molecule has 90 valence electrons. The first-order valence-electron chi connectivity index (χ1n) is 6.36. The van der Waals surface area contributed by atoms with E-state index in [1.807, 2.05) is 0 Å². The molecule has 0 spiro atoms. The zero-order valence-corrected chi connectivity index (χ0v) is 11.2. The van der Waals surface area contributed by atoms with Crippen LogP contribution in [0.25, 0.3) is 0 Å². The summed E-state index contributed by atoms with van der Waals surface area (Å²) in [6.07, 6.45) is 0. The molecule has 0 saturated carbocycles. The quantitative estimate of drug-likeness (QED) is 0.791. The molecule has 1 rings (SSSR count). The molecule has 0 aliphatic carbocycles. The topological polar surface area (TPSA) is 12.0 Å². The van der Waals surface area contributed by atoms with E-state index in [1.165, 1.54) is 11.1 Å². The Kier molecular flexibility index (Phi) is 5.01. The van der Waals surface area contributed by atoms with Gasteiger partial charge in [0.25, 0.3) is 0 Å². The summed E-state index contributed by atoms with van der Waals surface area (Å²) in [5.41, 5.74) is 2.74. The first kappa shape index (κ1) is 13.2. The lowest BCUT2D eigenvalue weighted by Crippen LogP contribution is -2.29. The largest absolute Gasteiger partial charge is 0.310 e. The lowest BCUT2D eigenvalue weighted by Gasteiger charge is -2.28. The van der Waals surface area contributed by atoms with Crippen molar-refractivity contribution >= 4 is 0 Å². The van der Waals surface area contributed by atoms with Gasteiger partial charge in [0.15, 0.2) is 0 Å². The van der Waals surface area contributed by atoms with Crippen LogP contribution in [0, 0.1) is 18.8 Å². The summed E-state index contributed by atoms with van der Waals surface area (Å²) in [6.45, 7) is 12.3.